The van der Waals surface area contributed by atoms with Crippen LogP contribution in [0.1, 0.15) is 34.1 Å². The van der Waals surface area contributed by atoms with Crippen LogP contribution >= 0.6 is 0 Å². The quantitative estimate of drug-likeness (QED) is 0.557. The minimum atomic E-state index is -1.05. The van der Waals surface area contributed by atoms with E-state index < -0.39 is 11.5 Å². The lowest BCUT2D eigenvalue weighted by Gasteiger charge is -2.23. The van der Waals surface area contributed by atoms with Crippen molar-refractivity contribution in [2.75, 3.05) is 20.3 Å². The molecule has 0 heterocycles. The topological polar surface area (TPSA) is 61.5 Å². The Balaban J connectivity index is 3.81. The smallest absolute Gasteiger partial charge is 0.327 e. The van der Waals surface area contributed by atoms with Gasteiger partial charge in [0, 0.05) is 6.61 Å². The predicted octanol–water partition coefficient (Wildman–Crippen LogP) is 1.33. The summed E-state index contributed by atoms with van der Waals surface area (Å²) < 4.78 is 9.94. The first-order valence-electron chi connectivity index (χ1n) is 5.14. The highest BCUT2D eigenvalue weighted by molar-refractivity contribution is 5.80. The van der Waals surface area contributed by atoms with Gasteiger partial charge in [-0.2, -0.15) is 0 Å². The van der Waals surface area contributed by atoms with Crippen molar-refractivity contribution in [1.82, 2.24) is 0 Å². The van der Waals surface area contributed by atoms with Crippen molar-refractivity contribution in [3.05, 3.63) is 0 Å². The van der Waals surface area contributed by atoms with Crippen LogP contribution in [-0.4, -0.2) is 31.8 Å². The van der Waals surface area contributed by atoms with E-state index in [1.807, 2.05) is 0 Å². The predicted molar refractivity (Wildman–Crippen MR) is 59.5 cm³/mol. The molecule has 1 atom stereocenters. The zero-order valence-electron chi connectivity index (χ0n) is 10.4. The third-order valence-corrected chi connectivity index (χ3v) is 2.05. The molecule has 90 valence electrons. The van der Waals surface area contributed by atoms with E-state index in [9.17, 15) is 4.79 Å². The maximum Gasteiger partial charge on any atom is 0.327 e. The molecule has 0 aromatic carbocycles. The number of carbonyl (C=O) groups is 1. The summed E-state index contributed by atoms with van der Waals surface area (Å²) >= 11 is 0. The molecule has 0 saturated carbocycles. The molecule has 0 radical (unpaired) electrons. The van der Waals surface area contributed by atoms with E-state index in [4.69, 9.17) is 10.5 Å². The molecular weight excluding hydrogens is 194 g/mol. The van der Waals surface area contributed by atoms with E-state index in [-0.39, 0.29) is 12.0 Å². The fourth-order valence-electron chi connectivity index (χ4n) is 0.955. The molecule has 0 aliphatic heterocycles. The minimum absolute atomic E-state index is 0.190. The van der Waals surface area contributed by atoms with Gasteiger partial charge in [-0.25, -0.2) is 4.79 Å². The molecule has 4 nitrogen and oxygen atoms in total. The van der Waals surface area contributed by atoms with E-state index in [0.29, 0.717) is 6.61 Å². The number of nitrogens with two attached hydrogens (primary N) is 1. The summed E-state index contributed by atoms with van der Waals surface area (Å²) in [7, 11) is 1.32. The van der Waals surface area contributed by atoms with Crippen LogP contribution in [0.3, 0.4) is 0 Å². The first-order valence-corrected chi connectivity index (χ1v) is 5.14. The number of rotatable bonds is 5. The van der Waals surface area contributed by atoms with E-state index >= 15 is 0 Å². The zero-order valence-corrected chi connectivity index (χ0v) is 10.4. The van der Waals surface area contributed by atoms with Gasteiger partial charge in [0.05, 0.1) is 13.7 Å². The molecule has 0 fully saturated rings. The van der Waals surface area contributed by atoms with Gasteiger partial charge >= 0.3 is 5.97 Å². The molecule has 0 aliphatic carbocycles. The van der Waals surface area contributed by atoms with Gasteiger partial charge in [0.25, 0.3) is 0 Å². The molecular formula is C11H23NO3. The van der Waals surface area contributed by atoms with Crippen molar-refractivity contribution >= 4 is 5.97 Å². The Labute approximate surface area is 92.1 Å². The normalized spacial score (nSPS) is 15.9. The average Bonchev–Trinajstić information content (AvgIpc) is 2.09. The maximum atomic E-state index is 11.2. The summed E-state index contributed by atoms with van der Waals surface area (Å²) in [5, 5.41) is 0. The van der Waals surface area contributed by atoms with Gasteiger partial charge in [-0.3, -0.25) is 0 Å². The minimum Gasteiger partial charge on any atom is -0.468 e. The lowest BCUT2D eigenvalue weighted by Crippen LogP contribution is -2.49. The second kappa shape index (κ2) is 5.47. The van der Waals surface area contributed by atoms with Crippen LogP contribution in [0.4, 0.5) is 0 Å². The Morgan fingerprint density at radius 2 is 1.80 bits per heavy atom. The molecule has 0 aromatic heterocycles. The Kier molecular flexibility index (Phi) is 5.24. The Morgan fingerprint density at radius 3 is 2.20 bits per heavy atom. The van der Waals surface area contributed by atoms with Crippen molar-refractivity contribution in [3.8, 4) is 0 Å². The summed E-state index contributed by atoms with van der Waals surface area (Å²) in [5.74, 6) is -0.446. The molecule has 0 amide bonds. The summed E-state index contributed by atoms with van der Waals surface area (Å²) in [5.41, 5.74) is 4.90. The largest absolute Gasteiger partial charge is 0.468 e. The van der Waals surface area contributed by atoms with Gasteiger partial charge in [0.2, 0.25) is 0 Å². The molecule has 4 heteroatoms. The van der Waals surface area contributed by atoms with Crippen molar-refractivity contribution in [1.29, 1.82) is 0 Å². The summed E-state index contributed by atoms with van der Waals surface area (Å²) in [6, 6.07) is 0. The number of hydrogen-bond donors (Lipinski definition) is 1. The van der Waals surface area contributed by atoms with Crippen molar-refractivity contribution in [2.45, 2.75) is 39.7 Å². The van der Waals surface area contributed by atoms with E-state index in [2.05, 4.69) is 25.5 Å². The number of hydrogen-bond acceptors (Lipinski definition) is 4. The monoisotopic (exact) mass is 217 g/mol. The van der Waals surface area contributed by atoms with E-state index in [0.717, 1.165) is 6.42 Å². The van der Waals surface area contributed by atoms with Gasteiger partial charge in [-0.15, -0.1) is 0 Å². The molecule has 2 N–H and O–H groups in total. The van der Waals surface area contributed by atoms with Gasteiger partial charge in [-0.05, 0) is 18.8 Å². The molecule has 0 bridgehead atoms. The summed E-state index contributed by atoms with van der Waals surface area (Å²) in [6.45, 7) is 8.81. The molecule has 0 rings (SSSR count). The maximum absolute atomic E-state index is 11.2. The van der Waals surface area contributed by atoms with Gasteiger partial charge in [0.1, 0.15) is 5.54 Å². The Bertz CT molecular complexity index is 206. The standard InChI is InChI=1S/C11H23NO3/c1-10(2,3)6-7-15-8-11(4,12)9(13)14-5/h6-8,12H2,1-5H3. The summed E-state index contributed by atoms with van der Waals surface area (Å²) in [4.78, 5) is 11.2. The first-order chi connectivity index (χ1) is 6.69. The Morgan fingerprint density at radius 1 is 1.27 bits per heavy atom. The first kappa shape index (κ1) is 14.4. The Hall–Kier alpha value is -0.610. The van der Waals surface area contributed by atoms with Crippen LogP contribution in [-0.2, 0) is 14.3 Å². The lowest BCUT2D eigenvalue weighted by molar-refractivity contribution is -0.148. The third-order valence-electron chi connectivity index (χ3n) is 2.05. The van der Waals surface area contributed by atoms with Gasteiger partial charge in [-0.1, -0.05) is 20.8 Å². The molecule has 1 unspecified atom stereocenters. The fourth-order valence-corrected chi connectivity index (χ4v) is 0.955. The average molecular weight is 217 g/mol. The number of carbonyl (C=O) groups excluding carboxylic acids is 1. The van der Waals surface area contributed by atoms with Crippen LogP contribution < -0.4 is 5.73 Å². The zero-order chi connectivity index (χ0) is 12.1. The van der Waals surface area contributed by atoms with Crippen LogP contribution in [0.15, 0.2) is 0 Å². The number of methoxy groups -OCH3 is 1. The van der Waals surface area contributed by atoms with E-state index in [1.165, 1.54) is 7.11 Å². The number of ether oxygens (including phenoxy) is 2. The molecule has 0 spiro atoms. The third kappa shape index (κ3) is 6.47. The highest BCUT2D eigenvalue weighted by Crippen LogP contribution is 2.18. The van der Waals surface area contributed by atoms with Crippen LogP contribution in [0.2, 0.25) is 0 Å². The van der Waals surface area contributed by atoms with Gasteiger partial charge in [0.15, 0.2) is 0 Å². The van der Waals surface area contributed by atoms with Crippen molar-refractivity contribution in [3.63, 3.8) is 0 Å². The highest BCUT2D eigenvalue weighted by atomic mass is 16.5. The molecule has 0 saturated heterocycles. The van der Waals surface area contributed by atoms with Crippen LogP contribution in [0, 0.1) is 5.41 Å². The second-order valence-corrected chi connectivity index (χ2v) is 5.27. The number of esters is 1. The SMILES string of the molecule is COC(=O)C(C)(N)COCCC(C)(C)C. The fraction of sp³-hybridized carbons (Fsp3) is 0.909. The van der Waals surface area contributed by atoms with Crippen LogP contribution in [0.25, 0.3) is 0 Å². The summed E-state index contributed by atoms with van der Waals surface area (Å²) in [6.07, 6.45) is 0.935. The molecule has 0 aromatic rings. The van der Waals surface area contributed by atoms with Crippen LogP contribution in [0.5, 0.6) is 0 Å². The highest BCUT2D eigenvalue weighted by Gasteiger charge is 2.29. The lowest BCUT2D eigenvalue weighted by atomic mass is 9.93. The van der Waals surface area contributed by atoms with E-state index in [1.54, 1.807) is 6.92 Å². The van der Waals surface area contributed by atoms with Gasteiger partial charge < -0.3 is 15.2 Å². The second-order valence-electron chi connectivity index (χ2n) is 5.27. The van der Waals surface area contributed by atoms with Crippen molar-refractivity contribution in [2.24, 2.45) is 11.1 Å². The molecule has 15 heavy (non-hydrogen) atoms. The van der Waals surface area contributed by atoms with Crippen molar-refractivity contribution < 1.29 is 14.3 Å². The molecule has 0 aliphatic rings.